The van der Waals surface area contributed by atoms with Crippen LogP contribution < -0.4 is 5.32 Å². The summed E-state index contributed by atoms with van der Waals surface area (Å²) in [5.41, 5.74) is 1.64. The number of aryl methyl sites for hydroxylation is 2. The fraction of sp³-hybridized carbons (Fsp3) is 0.333. The van der Waals surface area contributed by atoms with E-state index in [9.17, 15) is 8.42 Å². The Bertz CT molecular complexity index is 1040. The summed E-state index contributed by atoms with van der Waals surface area (Å²) in [6.07, 6.45) is 5.21. The van der Waals surface area contributed by atoms with Crippen molar-refractivity contribution < 1.29 is 8.42 Å². The normalized spacial score (nSPS) is 15.0. The van der Waals surface area contributed by atoms with Gasteiger partial charge >= 0.3 is 0 Å². The third kappa shape index (κ3) is 3.08. The number of sulfonamides is 1. The molecule has 0 fully saturated rings. The van der Waals surface area contributed by atoms with E-state index in [4.69, 9.17) is 0 Å². The van der Waals surface area contributed by atoms with Gasteiger partial charge in [-0.2, -0.15) is 4.31 Å². The van der Waals surface area contributed by atoms with Gasteiger partial charge in [0, 0.05) is 49.9 Å². The minimum Gasteiger partial charge on any atom is -0.339 e. The number of hydrogen-bond donors (Lipinski definition) is 1. The lowest BCUT2D eigenvalue weighted by Gasteiger charge is -2.28. The van der Waals surface area contributed by atoms with Gasteiger partial charge in [-0.25, -0.2) is 28.4 Å². The van der Waals surface area contributed by atoms with Crippen molar-refractivity contribution in [3.05, 3.63) is 41.2 Å². The number of aromatic nitrogens is 5. The molecule has 9 nitrogen and oxygen atoms in total. The average Bonchev–Trinajstić information content (AvgIpc) is 3.26. The second-order valence-corrected chi connectivity index (χ2v) is 8.75. The predicted molar refractivity (Wildman–Crippen MR) is 96.7 cm³/mol. The van der Waals surface area contributed by atoms with Crippen LogP contribution in [0.4, 0.5) is 10.9 Å². The van der Waals surface area contributed by atoms with Crippen molar-refractivity contribution in [2.45, 2.75) is 24.9 Å². The highest BCUT2D eigenvalue weighted by molar-refractivity contribution is 7.89. The molecular weight excluding hydrogens is 374 g/mol. The highest BCUT2D eigenvalue weighted by Crippen LogP contribution is 2.29. The first-order valence-electron chi connectivity index (χ1n) is 7.94. The molecule has 0 aromatic carbocycles. The average molecular weight is 391 g/mol. The highest BCUT2D eigenvalue weighted by atomic mass is 32.2. The second kappa shape index (κ2) is 6.41. The maximum absolute atomic E-state index is 12.9. The number of hydrogen-bond acceptors (Lipinski definition) is 8. The Morgan fingerprint density at radius 2 is 2.12 bits per heavy atom. The van der Waals surface area contributed by atoms with Crippen LogP contribution in [0.5, 0.6) is 0 Å². The van der Waals surface area contributed by atoms with E-state index >= 15 is 0 Å². The third-order valence-electron chi connectivity index (χ3n) is 4.08. The first kappa shape index (κ1) is 17.1. The van der Waals surface area contributed by atoms with E-state index in [1.807, 2.05) is 12.3 Å². The minimum atomic E-state index is -3.67. The molecule has 0 spiro atoms. The van der Waals surface area contributed by atoms with Gasteiger partial charge in [-0.15, -0.1) is 11.3 Å². The number of thiazole rings is 1. The van der Waals surface area contributed by atoms with E-state index < -0.39 is 10.0 Å². The van der Waals surface area contributed by atoms with Crippen LogP contribution in [0.3, 0.4) is 0 Å². The first-order valence-corrected chi connectivity index (χ1v) is 10.3. The van der Waals surface area contributed by atoms with E-state index in [0.29, 0.717) is 29.7 Å². The van der Waals surface area contributed by atoms with Gasteiger partial charge in [-0.3, -0.25) is 0 Å². The van der Waals surface area contributed by atoms with Crippen LogP contribution >= 0.6 is 11.3 Å². The number of rotatable bonds is 4. The molecule has 0 saturated carbocycles. The van der Waals surface area contributed by atoms with Crippen LogP contribution in [0.1, 0.15) is 17.1 Å². The zero-order valence-electron chi connectivity index (χ0n) is 14.2. The molecule has 1 N–H and O–H groups in total. The van der Waals surface area contributed by atoms with Crippen molar-refractivity contribution in [1.29, 1.82) is 0 Å². The molecule has 3 aromatic rings. The highest BCUT2D eigenvalue weighted by Gasteiger charge is 2.32. The van der Waals surface area contributed by atoms with Crippen LogP contribution in [0, 0.1) is 6.92 Å². The lowest BCUT2D eigenvalue weighted by molar-refractivity contribution is 0.386. The minimum absolute atomic E-state index is 0.0471. The third-order valence-corrected chi connectivity index (χ3v) is 6.50. The Balaban J connectivity index is 1.69. The Hall–Kier alpha value is -2.37. The predicted octanol–water partition coefficient (Wildman–Crippen LogP) is 1.47. The summed E-state index contributed by atoms with van der Waals surface area (Å²) < 4.78 is 28.8. The Morgan fingerprint density at radius 3 is 2.81 bits per heavy atom. The smallest absolute Gasteiger partial charge is 0.262 e. The van der Waals surface area contributed by atoms with E-state index in [1.54, 1.807) is 17.8 Å². The van der Waals surface area contributed by atoms with Crippen LogP contribution in [0.25, 0.3) is 0 Å². The van der Waals surface area contributed by atoms with Gasteiger partial charge in [0.1, 0.15) is 11.6 Å². The lowest BCUT2D eigenvalue weighted by Crippen LogP contribution is -2.37. The zero-order valence-corrected chi connectivity index (χ0v) is 15.9. The summed E-state index contributed by atoms with van der Waals surface area (Å²) in [4.78, 5) is 17.2. The molecule has 0 radical (unpaired) electrons. The van der Waals surface area contributed by atoms with Gasteiger partial charge in [0.15, 0.2) is 10.2 Å². The molecule has 3 aromatic heterocycles. The molecule has 0 saturated heterocycles. The fourth-order valence-electron chi connectivity index (χ4n) is 2.86. The monoisotopic (exact) mass is 391 g/mol. The van der Waals surface area contributed by atoms with Crippen LogP contribution in [-0.4, -0.2) is 43.8 Å². The van der Waals surface area contributed by atoms with Gasteiger partial charge in [-0.05, 0) is 6.92 Å². The number of anilines is 2. The van der Waals surface area contributed by atoms with Crippen molar-refractivity contribution in [3.8, 4) is 0 Å². The summed E-state index contributed by atoms with van der Waals surface area (Å²) in [7, 11) is -1.93. The van der Waals surface area contributed by atoms with E-state index in [-0.39, 0.29) is 11.6 Å². The Kier molecular flexibility index (Phi) is 4.21. The molecule has 136 valence electrons. The van der Waals surface area contributed by atoms with Crippen molar-refractivity contribution in [3.63, 3.8) is 0 Å². The largest absolute Gasteiger partial charge is 0.339 e. The van der Waals surface area contributed by atoms with E-state index in [2.05, 4.69) is 25.3 Å². The van der Waals surface area contributed by atoms with Crippen LogP contribution in [-0.2, 0) is 30.0 Å². The van der Waals surface area contributed by atoms with E-state index in [0.717, 1.165) is 11.3 Å². The van der Waals surface area contributed by atoms with E-state index in [1.165, 1.54) is 28.2 Å². The van der Waals surface area contributed by atoms with Gasteiger partial charge in [0.25, 0.3) is 10.0 Å². The van der Waals surface area contributed by atoms with Gasteiger partial charge < -0.3 is 9.88 Å². The summed E-state index contributed by atoms with van der Waals surface area (Å²) in [6, 6.07) is 0. The molecule has 0 amide bonds. The topological polar surface area (TPSA) is 106 Å². The SMILES string of the molecule is Cc1nc2c(c(Nc3nccs3)n1)CN(S(=O)(=O)c1cn(C)cn1)CC2. The molecule has 26 heavy (non-hydrogen) atoms. The summed E-state index contributed by atoms with van der Waals surface area (Å²) in [5, 5.41) is 5.80. The number of fused-ring (bicyclic) bond motifs is 1. The first-order chi connectivity index (χ1) is 12.4. The summed E-state index contributed by atoms with van der Waals surface area (Å²) >= 11 is 1.45. The number of imidazole rings is 1. The number of nitrogens with one attached hydrogen (secondary N) is 1. The molecule has 0 aliphatic carbocycles. The molecule has 0 atom stereocenters. The Morgan fingerprint density at radius 1 is 1.27 bits per heavy atom. The Labute approximate surface area is 154 Å². The van der Waals surface area contributed by atoms with Crippen molar-refractivity contribution >= 4 is 32.3 Å². The van der Waals surface area contributed by atoms with Gasteiger partial charge in [0.2, 0.25) is 0 Å². The molecule has 1 aliphatic rings. The molecular formula is C15H17N7O2S2. The molecule has 0 bridgehead atoms. The van der Waals surface area contributed by atoms with Crippen molar-refractivity contribution in [2.75, 3.05) is 11.9 Å². The molecule has 11 heteroatoms. The standard InChI is InChI=1S/C15H17N7O2S2/c1-10-18-12-3-5-22(26(23,24)13-8-21(2)9-17-13)7-11(12)14(19-10)20-15-16-4-6-25-15/h4,6,8-9H,3,5,7H2,1-2H3,(H,16,18,19,20). The molecule has 4 rings (SSSR count). The molecule has 1 aliphatic heterocycles. The second-order valence-electron chi connectivity index (χ2n) is 5.97. The number of nitrogens with zero attached hydrogens (tertiary/aromatic N) is 6. The maximum atomic E-state index is 12.9. The summed E-state index contributed by atoms with van der Waals surface area (Å²) in [6.45, 7) is 2.38. The maximum Gasteiger partial charge on any atom is 0.262 e. The molecule has 0 unspecified atom stereocenters. The van der Waals surface area contributed by atoms with Crippen molar-refractivity contribution in [2.24, 2.45) is 7.05 Å². The quantitative estimate of drug-likeness (QED) is 0.718. The zero-order chi connectivity index (χ0) is 18.3. The van der Waals surface area contributed by atoms with Crippen LogP contribution in [0.2, 0.25) is 0 Å². The van der Waals surface area contributed by atoms with Crippen LogP contribution in [0.15, 0.2) is 29.1 Å². The summed E-state index contributed by atoms with van der Waals surface area (Å²) in [5.74, 6) is 1.24. The van der Waals surface area contributed by atoms with Gasteiger partial charge in [-0.1, -0.05) is 0 Å². The lowest BCUT2D eigenvalue weighted by atomic mass is 10.1. The molecule has 4 heterocycles. The van der Waals surface area contributed by atoms with Gasteiger partial charge in [0.05, 0.1) is 12.0 Å². The van der Waals surface area contributed by atoms with Crippen molar-refractivity contribution in [1.82, 2.24) is 28.8 Å². The fourth-order valence-corrected chi connectivity index (χ4v) is 4.77.